The number of fused-ring (bicyclic) bond motifs is 1. The molecule has 0 aliphatic heterocycles. The number of aryl methyl sites for hydroxylation is 1. The van der Waals surface area contributed by atoms with Crippen LogP contribution in [0, 0.1) is 24.0 Å². The van der Waals surface area contributed by atoms with E-state index >= 15 is 0 Å². The van der Waals surface area contributed by atoms with Gasteiger partial charge in [-0.2, -0.15) is 0 Å². The molecule has 0 aliphatic rings. The van der Waals surface area contributed by atoms with E-state index in [1.54, 1.807) is 7.11 Å². The molecule has 10 nitrogen and oxygen atoms in total. The number of carbonyl (C=O) groups excluding carboxylic acids is 1. The minimum absolute atomic E-state index is 0.117. The highest BCUT2D eigenvalue weighted by Crippen LogP contribution is 2.25. The quantitative estimate of drug-likeness (QED) is 0.388. The van der Waals surface area contributed by atoms with Gasteiger partial charge in [-0.05, 0) is 32.0 Å². The van der Waals surface area contributed by atoms with E-state index in [1.165, 1.54) is 37.5 Å². The zero-order valence-electron chi connectivity index (χ0n) is 17.0. The Labute approximate surface area is 176 Å². The Morgan fingerprint density at radius 1 is 1.16 bits per heavy atom. The first kappa shape index (κ1) is 20.0. The molecular formula is C21H18N6O4. The Hall–Kier alpha value is -4.34. The number of benzene rings is 2. The maximum absolute atomic E-state index is 12.6. The van der Waals surface area contributed by atoms with E-state index < -0.39 is 10.8 Å². The number of nitro benzene ring substituents is 1. The Balaban J connectivity index is 1.61. The second-order valence-electron chi connectivity index (χ2n) is 6.77. The second-order valence-corrected chi connectivity index (χ2v) is 6.77. The predicted molar refractivity (Wildman–Crippen MR) is 114 cm³/mol. The van der Waals surface area contributed by atoms with E-state index in [2.05, 4.69) is 20.3 Å². The molecular weight excluding hydrogens is 400 g/mol. The number of ether oxygens (including phenoxy) is 1. The molecule has 1 N–H and O–H groups in total. The van der Waals surface area contributed by atoms with E-state index in [0.717, 1.165) is 16.9 Å². The molecule has 2 aromatic heterocycles. The summed E-state index contributed by atoms with van der Waals surface area (Å²) in [6, 6.07) is 9.90. The minimum atomic E-state index is -0.520. The molecule has 2 aromatic carbocycles. The van der Waals surface area contributed by atoms with E-state index in [9.17, 15) is 14.9 Å². The highest BCUT2D eigenvalue weighted by molar-refractivity contribution is 6.05. The number of nitro groups is 1. The molecule has 2 heterocycles. The molecule has 0 saturated heterocycles. The van der Waals surface area contributed by atoms with Crippen LogP contribution in [-0.2, 0) is 0 Å². The van der Waals surface area contributed by atoms with E-state index in [1.807, 2.05) is 29.7 Å². The maximum Gasteiger partial charge on any atom is 0.273 e. The van der Waals surface area contributed by atoms with Crippen LogP contribution < -0.4 is 10.1 Å². The first-order valence-electron chi connectivity index (χ1n) is 9.30. The third-order valence-electron chi connectivity index (χ3n) is 4.88. The molecule has 0 fully saturated rings. The summed E-state index contributed by atoms with van der Waals surface area (Å²) in [5, 5.41) is 13.7. The van der Waals surface area contributed by atoms with E-state index in [4.69, 9.17) is 4.74 Å². The fourth-order valence-electron chi connectivity index (χ4n) is 3.35. The zero-order valence-corrected chi connectivity index (χ0v) is 17.0. The van der Waals surface area contributed by atoms with Crippen LogP contribution in [0.25, 0.3) is 16.9 Å². The predicted octanol–water partition coefficient (Wildman–Crippen LogP) is 3.60. The van der Waals surface area contributed by atoms with Gasteiger partial charge in [0, 0.05) is 23.3 Å². The lowest BCUT2D eigenvalue weighted by molar-refractivity contribution is -0.385. The number of nitrogens with zero attached hydrogens (tertiary/aromatic N) is 5. The van der Waals surface area contributed by atoms with Gasteiger partial charge >= 0.3 is 0 Å². The summed E-state index contributed by atoms with van der Waals surface area (Å²) < 4.78 is 7.09. The van der Waals surface area contributed by atoms with Gasteiger partial charge in [0.15, 0.2) is 11.6 Å². The molecule has 10 heteroatoms. The molecule has 31 heavy (non-hydrogen) atoms. The van der Waals surface area contributed by atoms with Crippen LogP contribution in [0.2, 0.25) is 0 Å². The van der Waals surface area contributed by atoms with Crippen LogP contribution in [-0.4, -0.2) is 37.5 Å². The van der Waals surface area contributed by atoms with Crippen LogP contribution in [0.3, 0.4) is 0 Å². The van der Waals surface area contributed by atoms with Gasteiger partial charge in [0.25, 0.3) is 11.6 Å². The van der Waals surface area contributed by atoms with Crippen molar-refractivity contribution in [2.75, 3.05) is 12.4 Å². The van der Waals surface area contributed by atoms with Gasteiger partial charge in [0.05, 0.1) is 35.5 Å². The first-order chi connectivity index (χ1) is 14.9. The zero-order chi connectivity index (χ0) is 22.1. The number of rotatable bonds is 5. The number of imidazole rings is 1. The fourth-order valence-corrected chi connectivity index (χ4v) is 3.35. The summed E-state index contributed by atoms with van der Waals surface area (Å²) >= 11 is 0. The number of amides is 1. The van der Waals surface area contributed by atoms with Crippen LogP contribution in [0.1, 0.15) is 21.7 Å². The third kappa shape index (κ3) is 3.66. The molecule has 4 aromatic rings. The molecule has 0 aliphatic carbocycles. The van der Waals surface area contributed by atoms with Gasteiger partial charge in [-0.3, -0.25) is 19.5 Å². The Morgan fingerprint density at radius 2 is 1.97 bits per heavy atom. The van der Waals surface area contributed by atoms with Crippen molar-refractivity contribution < 1.29 is 14.5 Å². The number of carbonyl (C=O) groups is 1. The summed E-state index contributed by atoms with van der Waals surface area (Å²) in [5.41, 5.74) is 1.97. The minimum Gasteiger partial charge on any atom is -0.497 e. The molecule has 0 unspecified atom stereocenters. The molecule has 0 saturated carbocycles. The van der Waals surface area contributed by atoms with Crippen LogP contribution in [0.15, 0.2) is 48.8 Å². The van der Waals surface area contributed by atoms with Crippen molar-refractivity contribution >= 4 is 28.4 Å². The first-order valence-corrected chi connectivity index (χ1v) is 9.30. The van der Waals surface area contributed by atoms with E-state index in [0.29, 0.717) is 11.6 Å². The molecule has 0 atom stereocenters. The van der Waals surface area contributed by atoms with Crippen LogP contribution in [0.4, 0.5) is 11.5 Å². The number of methoxy groups -OCH3 is 1. The Morgan fingerprint density at radius 3 is 2.65 bits per heavy atom. The number of hydrogen-bond donors (Lipinski definition) is 1. The van der Waals surface area contributed by atoms with Gasteiger partial charge < -0.3 is 10.1 Å². The standard InChI is InChI=1S/C21H18N6O4/c1-12-15(5-4-6-17(12)27(29)30)21(28)25-19-10-23-20(11-22-19)26-13(2)24-16-9-14(31-3)7-8-18(16)26/h4-11H,1-3H3,(H,22,25,28). The van der Waals surface area contributed by atoms with Gasteiger partial charge in [0.2, 0.25) is 0 Å². The van der Waals surface area contributed by atoms with Crippen LogP contribution in [0.5, 0.6) is 5.75 Å². The SMILES string of the molecule is COc1ccc2c(c1)nc(C)n2-c1cnc(NC(=O)c2cccc([N+](=O)[O-])c2C)cn1. The topological polar surface area (TPSA) is 125 Å². The monoisotopic (exact) mass is 418 g/mol. The normalized spacial score (nSPS) is 10.8. The van der Waals surface area contributed by atoms with Crippen molar-refractivity contribution in [1.29, 1.82) is 0 Å². The fraction of sp³-hybridized carbons (Fsp3) is 0.143. The Kier molecular flexibility index (Phi) is 5.04. The van der Waals surface area contributed by atoms with Gasteiger partial charge in [-0.15, -0.1) is 0 Å². The Bertz CT molecular complexity index is 1310. The summed E-state index contributed by atoms with van der Waals surface area (Å²) in [6.45, 7) is 3.39. The summed E-state index contributed by atoms with van der Waals surface area (Å²) in [6.07, 6.45) is 2.95. The highest BCUT2D eigenvalue weighted by atomic mass is 16.6. The number of nitrogens with one attached hydrogen (secondary N) is 1. The molecule has 0 spiro atoms. The molecule has 0 bridgehead atoms. The van der Waals surface area contributed by atoms with E-state index in [-0.39, 0.29) is 22.6 Å². The molecule has 4 rings (SSSR count). The van der Waals surface area contributed by atoms with Gasteiger partial charge in [-0.25, -0.2) is 15.0 Å². The third-order valence-corrected chi connectivity index (χ3v) is 4.88. The van der Waals surface area contributed by atoms with Crippen molar-refractivity contribution in [3.05, 3.63) is 75.9 Å². The van der Waals surface area contributed by atoms with Crippen molar-refractivity contribution in [2.24, 2.45) is 0 Å². The summed E-state index contributed by atoms with van der Waals surface area (Å²) in [7, 11) is 1.60. The number of anilines is 1. The molecule has 1 amide bonds. The largest absolute Gasteiger partial charge is 0.497 e. The van der Waals surface area contributed by atoms with Crippen molar-refractivity contribution in [1.82, 2.24) is 19.5 Å². The second kappa shape index (κ2) is 7.82. The average Bonchev–Trinajstić information content (AvgIpc) is 3.08. The number of hydrogen-bond acceptors (Lipinski definition) is 7. The smallest absolute Gasteiger partial charge is 0.273 e. The summed E-state index contributed by atoms with van der Waals surface area (Å²) in [4.78, 5) is 36.4. The lowest BCUT2D eigenvalue weighted by Crippen LogP contribution is -2.15. The average molecular weight is 418 g/mol. The lowest BCUT2D eigenvalue weighted by Gasteiger charge is -2.09. The van der Waals surface area contributed by atoms with Gasteiger partial charge in [0.1, 0.15) is 11.6 Å². The highest BCUT2D eigenvalue weighted by Gasteiger charge is 2.18. The maximum atomic E-state index is 12.6. The molecule has 156 valence electrons. The molecule has 0 radical (unpaired) electrons. The van der Waals surface area contributed by atoms with Crippen LogP contribution >= 0.6 is 0 Å². The van der Waals surface area contributed by atoms with Crippen molar-refractivity contribution in [3.63, 3.8) is 0 Å². The number of aromatic nitrogens is 4. The van der Waals surface area contributed by atoms with Crippen molar-refractivity contribution in [3.8, 4) is 11.6 Å². The summed E-state index contributed by atoms with van der Waals surface area (Å²) in [5.74, 6) is 1.69. The van der Waals surface area contributed by atoms with Crippen molar-refractivity contribution in [2.45, 2.75) is 13.8 Å². The lowest BCUT2D eigenvalue weighted by atomic mass is 10.1. The van der Waals surface area contributed by atoms with Gasteiger partial charge in [-0.1, -0.05) is 6.07 Å².